The molecule has 1 heterocycles. The van der Waals surface area contributed by atoms with Gasteiger partial charge in [-0.25, -0.2) is 14.4 Å². The van der Waals surface area contributed by atoms with Crippen LogP contribution in [-0.4, -0.2) is 9.97 Å². The number of nitrogens with zero attached hydrogens (tertiary/aromatic N) is 3. The number of rotatable bonds is 4. The molecule has 0 aliphatic carbocycles. The maximum atomic E-state index is 13.5. The average molecular weight is 242 g/mol. The highest BCUT2D eigenvalue weighted by atomic mass is 19.1. The summed E-state index contributed by atoms with van der Waals surface area (Å²) in [6, 6.07) is 8.15. The Hall–Kier alpha value is -2.32. The van der Waals surface area contributed by atoms with E-state index in [1.54, 1.807) is 24.4 Å². The first kappa shape index (κ1) is 12.1. The highest BCUT2D eigenvalue weighted by Crippen LogP contribution is 2.09. The van der Waals surface area contributed by atoms with Crippen LogP contribution < -0.4 is 5.32 Å². The maximum absolute atomic E-state index is 13.5. The maximum Gasteiger partial charge on any atom is 0.129 e. The van der Waals surface area contributed by atoms with Gasteiger partial charge in [0, 0.05) is 24.8 Å². The standard InChI is InChI=1S/C13H11FN4/c14-13-5-10(6-15)1-2-11(13)7-17-8-12-3-4-16-9-18-12/h1-5,9,17H,7-8H2. The van der Waals surface area contributed by atoms with Gasteiger partial charge in [0.25, 0.3) is 0 Å². The minimum atomic E-state index is -0.371. The number of nitrogens with one attached hydrogen (secondary N) is 1. The van der Waals surface area contributed by atoms with Gasteiger partial charge in [0.1, 0.15) is 12.1 Å². The predicted molar refractivity (Wildman–Crippen MR) is 63.7 cm³/mol. The first-order valence-corrected chi connectivity index (χ1v) is 5.44. The van der Waals surface area contributed by atoms with Gasteiger partial charge in [0.15, 0.2) is 0 Å². The first-order chi connectivity index (χ1) is 8.79. The smallest absolute Gasteiger partial charge is 0.129 e. The van der Waals surface area contributed by atoms with Crippen molar-refractivity contribution in [3.8, 4) is 6.07 Å². The number of halogens is 1. The Balaban J connectivity index is 1.93. The van der Waals surface area contributed by atoms with E-state index in [-0.39, 0.29) is 5.82 Å². The first-order valence-electron chi connectivity index (χ1n) is 5.44. The van der Waals surface area contributed by atoms with Crippen LogP contribution in [0.25, 0.3) is 0 Å². The van der Waals surface area contributed by atoms with Gasteiger partial charge in [0.2, 0.25) is 0 Å². The molecule has 0 amide bonds. The van der Waals surface area contributed by atoms with Crippen LogP contribution in [0, 0.1) is 17.1 Å². The Morgan fingerprint density at radius 2 is 2.17 bits per heavy atom. The monoisotopic (exact) mass is 242 g/mol. The van der Waals surface area contributed by atoms with Crippen LogP contribution in [-0.2, 0) is 13.1 Å². The van der Waals surface area contributed by atoms with E-state index in [4.69, 9.17) is 5.26 Å². The predicted octanol–water partition coefficient (Wildman–Crippen LogP) is 1.78. The van der Waals surface area contributed by atoms with Gasteiger partial charge in [-0.3, -0.25) is 0 Å². The normalized spacial score (nSPS) is 10.0. The van der Waals surface area contributed by atoms with Crippen molar-refractivity contribution in [3.63, 3.8) is 0 Å². The van der Waals surface area contributed by atoms with Crippen molar-refractivity contribution in [2.24, 2.45) is 0 Å². The second kappa shape index (κ2) is 5.84. The van der Waals surface area contributed by atoms with Crippen molar-refractivity contribution in [1.82, 2.24) is 15.3 Å². The highest BCUT2D eigenvalue weighted by Gasteiger charge is 2.03. The molecule has 0 spiro atoms. The zero-order valence-electron chi connectivity index (χ0n) is 9.60. The molecule has 18 heavy (non-hydrogen) atoms. The van der Waals surface area contributed by atoms with E-state index in [9.17, 15) is 4.39 Å². The van der Waals surface area contributed by atoms with Crippen molar-refractivity contribution in [2.45, 2.75) is 13.1 Å². The molecule has 1 aromatic heterocycles. The number of aromatic nitrogens is 2. The fourth-order valence-corrected chi connectivity index (χ4v) is 1.51. The van der Waals surface area contributed by atoms with Crippen LogP contribution >= 0.6 is 0 Å². The molecule has 4 nitrogen and oxygen atoms in total. The van der Waals surface area contributed by atoms with Gasteiger partial charge in [-0.2, -0.15) is 5.26 Å². The largest absolute Gasteiger partial charge is 0.307 e. The fraction of sp³-hybridized carbons (Fsp3) is 0.154. The number of hydrogen-bond donors (Lipinski definition) is 1. The quantitative estimate of drug-likeness (QED) is 0.887. The number of benzene rings is 1. The average Bonchev–Trinajstić information content (AvgIpc) is 2.42. The summed E-state index contributed by atoms with van der Waals surface area (Å²) in [6.45, 7) is 0.934. The summed E-state index contributed by atoms with van der Waals surface area (Å²) in [5.41, 5.74) is 1.70. The van der Waals surface area contributed by atoms with Crippen LogP contribution in [0.4, 0.5) is 4.39 Å². The summed E-state index contributed by atoms with van der Waals surface area (Å²) >= 11 is 0. The van der Waals surface area contributed by atoms with Crippen LogP contribution in [0.1, 0.15) is 16.8 Å². The summed E-state index contributed by atoms with van der Waals surface area (Å²) in [6.07, 6.45) is 3.13. The highest BCUT2D eigenvalue weighted by molar-refractivity contribution is 5.32. The fourth-order valence-electron chi connectivity index (χ4n) is 1.51. The summed E-state index contributed by atoms with van der Waals surface area (Å²) in [4.78, 5) is 7.86. The molecule has 0 saturated heterocycles. The van der Waals surface area contributed by atoms with Crippen molar-refractivity contribution in [2.75, 3.05) is 0 Å². The van der Waals surface area contributed by atoms with Gasteiger partial charge < -0.3 is 5.32 Å². The molecular weight excluding hydrogens is 231 g/mol. The molecule has 1 N–H and O–H groups in total. The third-order valence-corrected chi connectivity index (χ3v) is 2.45. The molecule has 1 aromatic carbocycles. The van der Waals surface area contributed by atoms with E-state index in [1.807, 2.05) is 6.07 Å². The molecular formula is C13H11FN4. The lowest BCUT2D eigenvalue weighted by molar-refractivity contribution is 0.585. The Morgan fingerprint density at radius 1 is 1.28 bits per heavy atom. The minimum absolute atomic E-state index is 0.326. The van der Waals surface area contributed by atoms with E-state index in [0.717, 1.165) is 5.69 Å². The molecule has 0 bridgehead atoms. The second-order valence-corrected chi connectivity index (χ2v) is 3.72. The summed E-state index contributed by atoms with van der Waals surface area (Å²) in [5, 5.41) is 11.7. The number of hydrogen-bond acceptors (Lipinski definition) is 4. The Labute approximate surface area is 104 Å². The second-order valence-electron chi connectivity index (χ2n) is 3.72. The lowest BCUT2D eigenvalue weighted by Crippen LogP contribution is -2.14. The van der Waals surface area contributed by atoms with E-state index in [1.165, 1.54) is 12.4 Å². The lowest BCUT2D eigenvalue weighted by atomic mass is 10.1. The number of nitriles is 1. The van der Waals surface area contributed by atoms with Crippen LogP contribution in [0.2, 0.25) is 0 Å². The third-order valence-electron chi connectivity index (χ3n) is 2.45. The molecule has 0 aliphatic rings. The molecule has 5 heteroatoms. The zero-order valence-corrected chi connectivity index (χ0v) is 9.60. The summed E-state index contributed by atoms with van der Waals surface area (Å²) < 4.78 is 13.5. The van der Waals surface area contributed by atoms with Crippen LogP contribution in [0.5, 0.6) is 0 Å². The molecule has 0 radical (unpaired) electrons. The summed E-state index contributed by atoms with van der Waals surface area (Å²) in [5.74, 6) is -0.371. The van der Waals surface area contributed by atoms with Crippen LogP contribution in [0.15, 0.2) is 36.8 Å². The lowest BCUT2D eigenvalue weighted by Gasteiger charge is -2.05. The van der Waals surface area contributed by atoms with Gasteiger partial charge in [-0.05, 0) is 18.2 Å². The third kappa shape index (κ3) is 3.09. The molecule has 0 saturated carbocycles. The SMILES string of the molecule is N#Cc1ccc(CNCc2ccncn2)c(F)c1. The van der Waals surface area contributed by atoms with Crippen LogP contribution in [0.3, 0.4) is 0 Å². The topological polar surface area (TPSA) is 61.6 Å². The Morgan fingerprint density at radius 3 is 2.83 bits per heavy atom. The van der Waals surface area contributed by atoms with Gasteiger partial charge >= 0.3 is 0 Å². The molecule has 2 rings (SSSR count). The molecule has 90 valence electrons. The van der Waals surface area contributed by atoms with Crippen molar-refractivity contribution < 1.29 is 4.39 Å². The van der Waals surface area contributed by atoms with Crippen molar-refractivity contribution in [3.05, 3.63) is 59.4 Å². The van der Waals surface area contributed by atoms with E-state index in [2.05, 4.69) is 15.3 Å². The Kier molecular flexibility index (Phi) is 3.94. The summed E-state index contributed by atoms with van der Waals surface area (Å²) in [7, 11) is 0. The van der Waals surface area contributed by atoms with Gasteiger partial charge in [-0.1, -0.05) is 6.07 Å². The van der Waals surface area contributed by atoms with E-state index in [0.29, 0.717) is 24.2 Å². The molecule has 0 fully saturated rings. The zero-order chi connectivity index (χ0) is 12.8. The van der Waals surface area contributed by atoms with Crippen molar-refractivity contribution in [1.29, 1.82) is 5.26 Å². The van der Waals surface area contributed by atoms with Gasteiger partial charge in [-0.15, -0.1) is 0 Å². The Bertz CT molecular complexity index is 563. The van der Waals surface area contributed by atoms with Crippen molar-refractivity contribution >= 4 is 0 Å². The molecule has 0 atom stereocenters. The van der Waals surface area contributed by atoms with E-state index < -0.39 is 0 Å². The van der Waals surface area contributed by atoms with E-state index >= 15 is 0 Å². The van der Waals surface area contributed by atoms with Gasteiger partial charge in [0.05, 0.1) is 17.3 Å². The molecule has 0 aliphatic heterocycles. The minimum Gasteiger partial charge on any atom is -0.307 e. The molecule has 2 aromatic rings. The molecule has 0 unspecified atom stereocenters.